The van der Waals surface area contributed by atoms with Crippen LogP contribution in [0.1, 0.15) is 12.5 Å². The maximum absolute atomic E-state index is 11.1. The van der Waals surface area contributed by atoms with Crippen LogP contribution in [0.5, 0.6) is 5.75 Å². The van der Waals surface area contributed by atoms with E-state index in [1.54, 1.807) is 14.0 Å². The molecule has 2 aromatic carbocycles. The molecule has 2 rings (SSSR count). The topological polar surface area (TPSA) is 52.6 Å². The second-order valence-corrected chi connectivity index (χ2v) is 6.46. The average molecular weight is 294 g/mol. The van der Waals surface area contributed by atoms with E-state index in [4.69, 9.17) is 8.92 Å². The summed E-state index contributed by atoms with van der Waals surface area (Å²) in [6.07, 6.45) is 1.24. The zero-order valence-electron chi connectivity index (χ0n) is 11.8. The van der Waals surface area contributed by atoms with Gasteiger partial charge in [0.2, 0.25) is 0 Å². The van der Waals surface area contributed by atoms with Crippen LogP contribution in [0, 0.1) is 0 Å². The molecule has 0 saturated heterocycles. The summed E-state index contributed by atoms with van der Waals surface area (Å²) in [6, 6.07) is 11.9. The zero-order chi connectivity index (χ0) is 14.8. The lowest BCUT2D eigenvalue weighted by atomic mass is 10.0. The Morgan fingerprint density at radius 2 is 1.75 bits per heavy atom. The molecule has 5 heteroatoms. The monoisotopic (exact) mass is 294 g/mol. The fourth-order valence-corrected chi connectivity index (χ4v) is 2.86. The quantitative estimate of drug-likeness (QED) is 0.796. The molecule has 0 radical (unpaired) electrons. The van der Waals surface area contributed by atoms with Gasteiger partial charge in [0.15, 0.2) is 0 Å². The first-order chi connectivity index (χ1) is 9.37. The molecular weight excluding hydrogens is 276 g/mol. The van der Waals surface area contributed by atoms with E-state index in [1.165, 1.54) is 0 Å². The Kier molecular flexibility index (Phi) is 4.30. The molecule has 0 aliphatic rings. The van der Waals surface area contributed by atoms with Gasteiger partial charge in [0.25, 0.3) is 10.1 Å². The Labute approximate surface area is 119 Å². The molecule has 0 amide bonds. The number of fused-ring (bicyclic) bond motifs is 1. The van der Waals surface area contributed by atoms with Crippen molar-refractivity contribution in [2.24, 2.45) is 0 Å². The molecule has 0 bridgehead atoms. The van der Waals surface area contributed by atoms with Gasteiger partial charge in [-0.1, -0.05) is 24.3 Å². The van der Waals surface area contributed by atoms with E-state index in [-0.39, 0.29) is 6.10 Å². The van der Waals surface area contributed by atoms with Crippen molar-refractivity contribution in [3.8, 4) is 5.75 Å². The fraction of sp³-hybridized carbons (Fsp3) is 0.333. The van der Waals surface area contributed by atoms with Gasteiger partial charge < -0.3 is 4.74 Å². The highest BCUT2D eigenvalue weighted by Crippen LogP contribution is 2.22. The Morgan fingerprint density at radius 1 is 1.10 bits per heavy atom. The minimum atomic E-state index is -3.41. The normalized spacial score (nSPS) is 13.3. The SMILES string of the molecule is COc1ccc2cc(C[C@H](C)OS(C)(=O)=O)ccc2c1. The van der Waals surface area contributed by atoms with Crippen molar-refractivity contribution in [2.75, 3.05) is 13.4 Å². The third-order valence-corrected chi connectivity index (χ3v) is 3.65. The van der Waals surface area contributed by atoms with E-state index < -0.39 is 10.1 Å². The van der Waals surface area contributed by atoms with E-state index in [2.05, 4.69) is 0 Å². The summed E-state index contributed by atoms with van der Waals surface area (Å²) in [7, 11) is -1.77. The molecule has 0 aliphatic heterocycles. The zero-order valence-corrected chi connectivity index (χ0v) is 12.6. The van der Waals surface area contributed by atoms with Crippen molar-refractivity contribution in [3.63, 3.8) is 0 Å². The van der Waals surface area contributed by atoms with Crippen LogP contribution in [0.3, 0.4) is 0 Å². The minimum Gasteiger partial charge on any atom is -0.497 e. The van der Waals surface area contributed by atoms with Crippen LogP contribution in [0.25, 0.3) is 10.8 Å². The number of benzene rings is 2. The van der Waals surface area contributed by atoms with Crippen molar-refractivity contribution < 1.29 is 17.3 Å². The van der Waals surface area contributed by atoms with Crippen molar-refractivity contribution in [2.45, 2.75) is 19.4 Å². The Balaban J connectivity index is 2.20. The molecule has 108 valence electrons. The summed E-state index contributed by atoms with van der Waals surface area (Å²) in [5.41, 5.74) is 1.04. The Morgan fingerprint density at radius 3 is 2.40 bits per heavy atom. The highest BCUT2D eigenvalue weighted by Gasteiger charge is 2.11. The third-order valence-electron chi connectivity index (χ3n) is 2.97. The lowest BCUT2D eigenvalue weighted by Crippen LogP contribution is -2.16. The van der Waals surface area contributed by atoms with Crippen LogP contribution < -0.4 is 4.74 Å². The summed E-state index contributed by atoms with van der Waals surface area (Å²) in [5.74, 6) is 0.819. The number of hydrogen-bond donors (Lipinski definition) is 0. The van der Waals surface area contributed by atoms with E-state index in [9.17, 15) is 8.42 Å². The highest BCUT2D eigenvalue weighted by atomic mass is 32.2. The van der Waals surface area contributed by atoms with Gasteiger partial charge in [-0.3, -0.25) is 4.18 Å². The summed E-state index contributed by atoms with van der Waals surface area (Å²) < 4.78 is 32.3. The third kappa shape index (κ3) is 3.95. The first-order valence-corrected chi connectivity index (χ1v) is 8.14. The Hall–Kier alpha value is -1.59. The molecule has 0 N–H and O–H groups in total. The van der Waals surface area contributed by atoms with Crippen LogP contribution in [-0.2, 0) is 20.7 Å². The van der Waals surface area contributed by atoms with E-state index in [0.29, 0.717) is 6.42 Å². The molecule has 2 aromatic rings. The second-order valence-electron chi connectivity index (χ2n) is 4.86. The molecule has 0 aromatic heterocycles. The van der Waals surface area contributed by atoms with E-state index in [1.807, 2.05) is 36.4 Å². The molecule has 0 saturated carbocycles. The van der Waals surface area contributed by atoms with Gasteiger partial charge in [-0.2, -0.15) is 8.42 Å². The van der Waals surface area contributed by atoms with Crippen molar-refractivity contribution >= 4 is 20.9 Å². The van der Waals surface area contributed by atoms with Gasteiger partial charge in [0.1, 0.15) is 5.75 Å². The number of hydrogen-bond acceptors (Lipinski definition) is 4. The maximum Gasteiger partial charge on any atom is 0.264 e. The van der Waals surface area contributed by atoms with E-state index in [0.717, 1.165) is 28.3 Å². The van der Waals surface area contributed by atoms with Crippen molar-refractivity contribution in [3.05, 3.63) is 42.0 Å². The molecule has 20 heavy (non-hydrogen) atoms. The molecule has 4 nitrogen and oxygen atoms in total. The number of rotatable bonds is 5. The Bertz CT molecular complexity index is 707. The molecule has 0 fully saturated rings. The van der Waals surface area contributed by atoms with Gasteiger partial charge in [-0.05, 0) is 41.8 Å². The van der Waals surface area contributed by atoms with Crippen LogP contribution in [-0.4, -0.2) is 27.9 Å². The average Bonchev–Trinajstić information content (AvgIpc) is 2.35. The standard InChI is InChI=1S/C15H18O4S/c1-11(19-20(3,16)17)8-12-4-5-14-10-15(18-2)7-6-13(14)9-12/h4-7,9-11H,8H2,1-3H3/t11-/m0/s1. The minimum absolute atomic E-state index is 0.374. The van der Waals surface area contributed by atoms with Gasteiger partial charge >= 0.3 is 0 Å². The molecular formula is C15H18O4S. The summed E-state index contributed by atoms with van der Waals surface area (Å²) in [5, 5.41) is 2.18. The first kappa shape index (κ1) is 14.8. The van der Waals surface area contributed by atoms with Gasteiger partial charge in [-0.15, -0.1) is 0 Å². The van der Waals surface area contributed by atoms with Gasteiger partial charge in [0.05, 0.1) is 19.5 Å². The highest BCUT2D eigenvalue weighted by molar-refractivity contribution is 7.86. The smallest absolute Gasteiger partial charge is 0.264 e. The van der Waals surface area contributed by atoms with Gasteiger partial charge in [-0.25, -0.2) is 0 Å². The number of ether oxygens (including phenoxy) is 1. The van der Waals surface area contributed by atoms with Gasteiger partial charge in [0, 0.05) is 0 Å². The van der Waals surface area contributed by atoms with Crippen LogP contribution in [0.2, 0.25) is 0 Å². The van der Waals surface area contributed by atoms with Crippen LogP contribution in [0.4, 0.5) is 0 Å². The molecule has 0 unspecified atom stereocenters. The maximum atomic E-state index is 11.1. The number of methoxy groups -OCH3 is 1. The predicted octanol–water partition coefficient (Wildman–Crippen LogP) is 2.76. The largest absolute Gasteiger partial charge is 0.497 e. The molecule has 1 atom stereocenters. The second kappa shape index (κ2) is 5.81. The fourth-order valence-electron chi connectivity index (χ4n) is 2.19. The molecule has 0 spiro atoms. The molecule has 0 aliphatic carbocycles. The summed E-state index contributed by atoms with van der Waals surface area (Å²) >= 11 is 0. The van der Waals surface area contributed by atoms with Crippen molar-refractivity contribution in [1.29, 1.82) is 0 Å². The summed E-state index contributed by atoms with van der Waals surface area (Å²) in [6.45, 7) is 1.75. The lowest BCUT2D eigenvalue weighted by Gasteiger charge is -2.11. The van der Waals surface area contributed by atoms with E-state index >= 15 is 0 Å². The predicted molar refractivity (Wildman–Crippen MR) is 79.6 cm³/mol. The summed E-state index contributed by atoms with van der Waals surface area (Å²) in [4.78, 5) is 0. The first-order valence-electron chi connectivity index (χ1n) is 6.32. The lowest BCUT2D eigenvalue weighted by molar-refractivity contribution is 0.232. The van der Waals surface area contributed by atoms with Crippen LogP contribution >= 0.6 is 0 Å². The van der Waals surface area contributed by atoms with Crippen molar-refractivity contribution in [1.82, 2.24) is 0 Å². The van der Waals surface area contributed by atoms with Crippen LogP contribution in [0.15, 0.2) is 36.4 Å². The molecule has 0 heterocycles.